The molecule has 0 aromatic heterocycles. The van der Waals surface area contributed by atoms with E-state index in [0.29, 0.717) is 57.9 Å². The summed E-state index contributed by atoms with van der Waals surface area (Å²) in [6.07, 6.45) is 6.92. The number of likely N-dealkylation sites (tertiary alicyclic amines) is 1. The number of carbonyl (C=O) groups excluding carboxylic acids is 5. The third kappa shape index (κ3) is 13.5. The minimum Gasteiger partial charge on any atom is -0.480 e. The average Bonchev–Trinajstić information content (AvgIpc) is 3.62. The molecule has 1 saturated carbocycles. The first-order valence-corrected chi connectivity index (χ1v) is 21.0. The number of hydrogen-bond donors (Lipinski definition) is 10. The summed E-state index contributed by atoms with van der Waals surface area (Å²) in [5, 5.41) is 28.6. The van der Waals surface area contributed by atoms with Gasteiger partial charge < -0.3 is 64.6 Å². The van der Waals surface area contributed by atoms with E-state index in [9.17, 15) is 39.0 Å². The van der Waals surface area contributed by atoms with Crippen molar-refractivity contribution in [3.05, 3.63) is 35.4 Å². The Bertz CT molecular complexity index is 1720. The number of aliphatic hydroxyl groups is 1. The number of aliphatic imine (C=N–C) groups is 2. The van der Waals surface area contributed by atoms with Crippen LogP contribution in [-0.2, 0) is 41.7 Å². The number of benzene rings is 1. The zero-order chi connectivity index (χ0) is 43.8. The number of carbonyl (C=O) groups is 6. The highest BCUT2D eigenvalue weighted by molar-refractivity contribution is 5.95. The first-order chi connectivity index (χ1) is 28.7. The maximum atomic E-state index is 14.4. The molecular formula is C40H64N12O8. The molecule has 15 N–H and O–H groups in total. The van der Waals surface area contributed by atoms with Crippen molar-refractivity contribution in [2.24, 2.45) is 44.6 Å². The van der Waals surface area contributed by atoms with Gasteiger partial charge in [0.25, 0.3) is 0 Å². The maximum Gasteiger partial charge on any atom is 0.326 e. The lowest BCUT2D eigenvalue weighted by Crippen LogP contribution is -2.61. The zero-order valence-corrected chi connectivity index (χ0v) is 34.3. The highest BCUT2D eigenvalue weighted by atomic mass is 16.4. The smallest absolute Gasteiger partial charge is 0.326 e. The molecule has 20 heteroatoms. The molecule has 3 aliphatic rings. The number of carboxylic acids is 1. The second-order valence-electron chi connectivity index (χ2n) is 15.9. The van der Waals surface area contributed by atoms with Gasteiger partial charge in [-0.3, -0.25) is 34.0 Å². The Morgan fingerprint density at radius 1 is 0.800 bits per heavy atom. The number of aliphatic carboxylic acids is 1. The van der Waals surface area contributed by atoms with Gasteiger partial charge >= 0.3 is 5.97 Å². The average molecular weight is 841 g/mol. The van der Waals surface area contributed by atoms with Crippen LogP contribution < -0.4 is 44.6 Å². The molecule has 332 valence electrons. The molecule has 7 atom stereocenters. The third-order valence-electron chi connectivity index (χ3n) is 11.5. The fourth-order valence-corrected chi connectivity index (χ4v) is 8.42. The monoisotopic (exact) mass is 840 g/mol. The normalized spacial score (nSPS) is 21.0. The van der Waals surface area contributed by atoms with Crippen molar-refractivity contribution in [3.63, 3.8) is 0 Å². The maximum absolute atomic E-state index is 14.4. The molecule has 1 aromatic rings. The lowest BCUT2D eigenvalue weighted by atomic mass is 9.84. The molecule has 60 heavy (non-hydrogen) atoms. The quantitative estimate of drug-likeness (QED) is 0.0353. The highest BCUT2D eigenvalue weighted by Gasteiger charge is 2.51. The summed E-state index contributed by atoms with van der Waals surface area (Å²) < 4.78 is 0. The Labute approximate surface area is 350 Å². The Hall–Kier alpha value is -5.50. The second-order valence-corrected chi connectivity index (χ2v) is 15.9. The predicted molar refractivity (Wildman–Crippen MR) is 223 cm³/mol. The minimum atomic E-state index is -1.32. The Balaban J connectivity index is 1.29. The third-order valence-corrected chi connectivity index (χ3v) is 11.5. The van der Waals surface area contributed by atoms with Crippen LogP contribution in [0.3, 0.4) is 0 Å². The van der Waals surface area contributed by atoms with Crippen molar-refractivity contribution in [1.29, 1.82) is 0 Å². The van der Waals surface area contributed by atoms with Crippen LogP contribution in [0.15, 0.2) is 34.3 Å². The van der Waals surface area contributed by atoms with E-state index in [1.807, 2.05) is 24.3 Å². The Kier molecular flexibility index (Phi) is 18.3. The van der Waals surface area contributed by atoms with Crippen molar-refractivity contribution in [1.82, 2.24) is 25.8 Å². The van der Waals surface area contributed by atoms with E-state index in [1.165, 1.54) is 9.80 Å². The number of hydrogen-bond acceptors (Lipinski definition) is 10. The number of nitrogens with two attached hydrogens (primary N) is 5. The summed E-state index contributed by atoms with van der Waals surface area (Å²) in [5.41, 5.74) is 29.2. The van der Waals surface area contributed by atoms with E-state index < -0.39 is 72.3 Å². The van der Waals surface area contributed by atoms with Gasteiger partial charge in [-0.1, -0.05) is 43.5 Å². The number of aliphatic hydroxyl groups excluding tert-OH is 1. The number of unbranched alkanes of at least 4 members (excludes halogenated alkanes) is 2. The van der Waals surface area contributed by atoms with E-state index in [2.05, 4.69) is 25.9 Å². The molecule has 2 heterocycles. The number of fused-ring (bicyclic) bond motifs is 2. The summed E-state index contributed by atoms with van der Waals surface area (Å²) in [5.74, 6) is -3.56. The van der Waals surface area contributed by atoms with Gasteiger partial charge in [0.1, 0.15) is 24.2 Å². The molecule has 4 rings (SSSR count). The summed E-state index contributed by atoms with van der Waals surface area (Å²) in [6, 6.07) is 2.15. The van der Waals surface area contributed by atoms with Crippen molar-refractivity contribution in [2.75, 3.05) is 26.2 Å². The topological polar surface area (TPSA) is 340 Å². The molecular weight excluding hydrogens is 777 g/mol. The lowest BCUT2D eigenvalue weighted by molar-refractivity contribution is -0.156. The SMILES string of the molecule is NC(N)=NCCC[C@@H](N)C(=O)N[C@@H](CCCN=C(N)N)C(=O)NCCCCCC(=O)N[C@@H](CO)C(=O)N1Cc2ccccc2C[C@@H]1C(=O)N1[C@H](C(=O)O)C[C@@H]2CCCC[C@@H]21. The lowest BCUT2D eigenvalue weighted by Gasteiger charge is -2.42. The second kappa shape index (κ2) is 23.3. The van der Waals surface area contributed by atoms with E-state index in [-0.39, 0.29) is 62.8 Å². The van der Waals surface area contributed by atoms with Crippen LogP contribution in [0.5, 0.6) is 0 Å². The molecule has 2 fully saturated rings. The van der Waals surface area contributed by atoms with Crippen LogP contribution in [0, 0.1) is 5.92 Å². The summed E-state index contributed by atoms with van der Waals surface area (Å²) in [7, 11) is 0. The van der Waals surface area contributed by atoms with Crippen LogP contribution in [0.1, 0.15) is 94.6 Å². The molecule has 5 amide bonds. The van der Waals surface area contributed by atoms with Crippen LogP contribution in [0.25, 0.3) is 0 Å². The van der Waals surface area contributed by atoms with Gasteiger partial charge in [0.05, 0.1) is 12.6 Å². The van der Waals surface area contributed by atoms with Crippen molar-refractivity contribution >= 4 is 47.4 Å². The Morgan fingerprint density at radius 3 is 2.13 bits per heavy atom. The van der Waals surface area contributed by atoms with Gasteiger partial charge in [0.15, 0.2) is 11.9 Å². The molecule has 1 aliphatic carbocycles. The molecule has 20 nitrogen and oxygen atoms in total. The molecule has 2 aliphatic heterocycles. The Morgan fingerprint density at radius 2 is 1.47 bits per heavy atom. The fourth-order valence-electron chi connectivity index (χ4n) is 8.42. The van der Waals surface area contributed by atoms with Gasteiger partial charge in [0, 0.05) is 45.1 Å². The van der Waals surface area contributed by atoms with E-state index in [0.717, 1.165) is 30.4 Å². The molecule has 0 bridgehead atoms. The van der Waals surface area contributed by atoms with E-state index >= 15 is 0 Å². The van der Waals surface area contributed by atoms with Crippen LogP contribution in [0.2, 0.25) is 0 Å². The molecule has 1 aromatic carbocycles. The first-order valence-electron chi connectivity index (χ1n) is 21.0. The van der Waals surface area contributed by atoms with Gasteiger partial charge in [-0.2, -0.15) is 0 Å². The molecule has 0 unspecified atom stereocenters. The molecule has 1 saturated heterocycles. The fraction of sp³-hybridized carbons (Fsp3) is 0.650. The zero-order valence-electron chi connectivity index (χ0n) is 34.3. The van der Waals surface area contributed by atoms with Gasteiger partial charge in [-0.05, 0) is 74.8 Å². The van der Waals surface area contributed by atoms with Crippen LogP contribution in [-0.4, -0.2) is 130 Å². The minimum absolute atomic E-state index is 0.0323. The highest BCUT2D eigenvalue weighted by Crippen LogP contribution is 2.41. The van der Waals surface area contributed by atoms with Gasteiger partial charge in [-0.25, -0.2) is 4.79 Å². The first kappa shape index (κ1) is 47.2. The van der Waals surface area contributed by atoms with Gasteiger partial charge in [0.2, 0.25) is 29.5 Å². The number of rotatable bonds is 22. The number of nitrogens with zero attached hydrogens (tertiary/aromatic N) is 4. The molecule has 0 spiro atoms. The summed E-state index contributed by atoms with van der Waals surface area (Å²) in [4.78, 5) is 90.5. The number of amides is 5. The molecule has 0 radical (unpaired) electrons. The van der Waals surface area contributed by atoms with E-state index in [4.69, 9.17) is 28.7 Å². The van der Waals surface area contributed by atoms with Crippen molar-refractivity contribution in [2.45, 2.75) is 133 Å². The number of carboxylic acid groups (broad SMARTS) is 1. The largest absolute Gasteiger partial charge is 0.480 e. The summed E-state index contributed by atoms with van der Waals surface area (Å²) in [6.45, 7) is 0.193. The predicted octanol–water partition coefficient (Wildman–Crippen LogP) is -1.74. The van der Waals surface area contributed by atoms with Crippen LogP contribution in [0.4, 0.5) is 0 Å². The summed E-state index contributed by atoms with van der Waals surface area (Å²) >= 11 is 0. The standard InChI is InChI=1S/C40H64N12O8/c41-27(13-8-18-47-39(42)43)34(55)50-28(14-9-19-48-40(44)45)35(56)46-17-7-1-2-16-33(54)49-29(23-53)36(57)51-22-26-12-4-3-10-24(26)20-31(51)37(58)52-30-15-6-5-11-25(30)21-32(52)38(59)60/h3-4,10,12,25,27-32,53H,1-2,5-9,11,13-23,41H2,(H,46,56)(H,49,54)(H,50,55)(H,59,60)(H4,42,43,47)(H4,44,45,48)/t25-,27+,28-,29-,30-,31+,32-/m0/s1. The number of guanidine groups is 2. The van der Waals surface area contributed by atoms with Crippen molar-refractivity contribution in [3.8, 4) is 0 Å². The van der Waals surface area contributed by atoms with E-state index in [1.54, 1.807) is 0 Å². The van der Waals surface area contributed by atoms with Crippen molar-refractivity contribution < 1.29 is 39.0 Å². The van der Waals surface area contributed by atoms with Gasteiger partial charge in [-0.15, -0.1) is 0 Å². The van der Waals surface area contributed by atoms with Crippen LogP contribution >= 0.6 is 0 Å². The number of nitrogens with one attached hydrogen (secondary N) is 3.